The Bertz CT molecular complexity index is 1340. The van der Waals surface area contributed by atoms with E-state index in [1.165, 1.54) is 49.7 Å². The van der Waals surface area contributed by atoms with E-state index in [-0.39, 0.29) is 32.0 Å². The van der Waals surface area contributed by atoms with Crippen molar-refractivity contribution < 1.29 is 51.2 Å². The second-order valence-corrected chi connectivity index (χ2v) is 18.9. The number of nitrogens with zero attached hydrogens (tertiary/aromatic N) is 1. The van der Waals surface area contributed by atoms with Crippen LogP contribution in [0.5, 0.6) is 0 Å². The van der Waals surface area contributed by atoms with Gasteiger partial charge in [0.15, 0.2) is 6.10 Å². The van der Waals surface area contributed by atoms with Crippen LogP contribution in [-0.4, -0.2) is 87.1 Å². The van der Waals surface area contributed by atoms with Gasteiger partial charge in [0.2, 0.25) is 0 Å². The van der Waals surface area contributed by atoms with Crippen molar-refractivity contribution in [1.82, 2.24) is 0 Å². The normalized spacial score (nSPS) is 17.1. The summed E-state index contributed by atoms with van der Waals surface area (Å²) in [7, 11) is 1.44. The van der Waals surface area contributed by atoms with Crippen molar-refractivity contribution in [1.29, 1.82) is 0 Å². The molecular formula is C46H83NO10P+. The fraction of sp³-hybridized carbons (Fsp3) is 0.826. The predicted octanol–water partition coefficient (Wildman–Crippen LogP) is 11.2. The lowest BCUT2D eigenvalue weighted by Gasteiger charge is -2.24. The van der Waals surface area contributed by atoms with Gasteiger partial charge in [-0.15, -0.1) is 0 Å². The fourth-order valence-electron chi connectivity index (χ4n) is 6.95. The van der Waals surface area contributed by atoms with Crippen molar-refractivity contribution >= 4 is 19.8 Å². The van der Waals surface area contributed by atoms with Gasteiger partial charge in [-0.25, -0.2) is 4.57 Å². The summed E-state index contributed by atoms with van der Waals surface area (Å²) in [5.41, 5.74) is 2.63. The molecule has 12 heteroatoms. The summed E-state index contributed by atoms with van der Waals surface area (Å²) in [6.07, 6.45) is 28.3. The lowest BCUT2D eigenvalue weighted by molar-refractivity contribution is -0.870. The number of epoxide rings is 1. The Labute approximate surface area is 352 Å². The Morgan fingerprint density at radius 1 is 0.724 bits per heavy atom. The van der Waals surface area contributed by atoms with Gasteiger partial charge in [-0.1, -0.05) is 103 Å². The van der Waals surface area contributed by atoms with Gasteiger partial charge in [-0.3, -0.25) is 18.6 Å². The summed E-state index contributed by atoms with van der Waals surface area (Å²) in [4.78, 5) is 35.5. The molecule has 0 radical (unpaired) electrons. The molecule has 2 rings (SSSR count). The standard InChI is InChI=1S/C46H82NO10P/c1-8-10-11-12-18-24-30-43-44(57-43)31-25-20-17-22-27-33-46(49)55-40(37-54-58(50,51)53-35-34-47(5,6)7)36-52-45(48)32-26-21-16-14-13-15-19-23-29-42-39(4)38(3)41(56-42)28-9-2/h18,24,40,43-44H,8-17,19-23,25-37H2,1-7H3/p+1/b24-18-/t40-,43?,44?/m1/s1. The molecule has 1 saturated heterocycles. The van der Waals surface area contributed by atoms with Crippen molar-refractivity contribution in [2.75, 3.05) is 47.5 Å². The van der Waals surface area contributed by atoms with Crippen LogP contribution in [0.4, 0.5) is 0 Å². The number of esters is 2. The maximum Gasteiger partial charge on any atom is 0.472 e. The van der Waals surface area contributed by atoms with E-state index in [1.807, 2.05) is 21.1 Å². The first kappa shape index (κ1) is 52.1. The number of rotatable bonds is 37. The number of allylic oxidation sites excluding steroid dienone is 1. The summed E-state index contributed by atoms with van der Waals surface area (Å²) < 4.78 is 46.3. The molecule has 4 atom stereocenters. The molecule has 0 aliphatic carbocycles. The van der Waals surface area contributed by atoms with Crippen molar-refractivity contribution in [2.24, 2.45) is 0 Å². The van der Waals surface area contributed by atoms with Gasteiger partial charge in [0.1, 0.15) is 31.3 Å². The van der Waals surface area contributed by atoms with E-state index < -0.39 is 26.5 Å². The number of hydrogen-bond acceptors (Lipinski definition) is 9. The molecule has 336 valence electrons. The minimum atomic E-state index is -4.39. The smallest absolute Gasteiger partial charge is 0.466 e. The minimum Gasteiger partial charge on any atom is -0.466 e. The molecule has 1 aromatic rings. The SMILES string of the molecule is CCCCC/C=C\CC1OC1CCCCCCCC(=O)O[C@H](COC(=O)CCCCCCCCCCc1oc(CCC)c(C)c1C)COP(=O)(O)OCC[N+](C)(C)C. The van der Waals surface area contributed by atoms with Gasteiger partial charge in [0.05, 0.1) is 40.0 Å². The molecule has 58 heavy (non-hydrogen) atoms. The summed E-state index contributed by atoms with van der Waals surface area (Å²) in [5.74, 6) is 1.46. The predicted molar refractivity (Wildman–Crippen MR) is 232 cm³/mol. The van der Waals surface area contributed by atoms with Crippen LogP contribution >= 0.6 is 7.82 Å². The van der Waals surface area contributed by atoms with Crippen LogP contribution in [0.3, 0.4) is 0 Å². The average molecular weight is 841 g/mol. The molecule has 1 aliphatic rings. The highest BCUT2D eigenvalue weighted by atomic mass is 31.2. The van der Waals surface area contributed by atoms with Gasteiger partial charge in [-0.2, -0.15) is 0 Å². The summed E-state index contributed by atoms with van der Waals surface area (Å²) in [6.45, 7) is 8.60. The number of phosphoric ester groups is 1. The van der Waals surface area contributed by atoms with E-state index in [9.17, 15) is 19.0 Å². The summed E-state index contributed by atoms with van der Waals surface area (Å²) in [6, 6.07) is 0. The zero-order valence-corrected chi connectivity index (χ0v) is 38.6. The Balaban J connectivity index is 1.62. The van der Waals surface area contributed by atoms with Crippen molar-refractivity contribution in [3.63, 3.8) is 0 Å². The molecule has 0 aromatic carbocycles. The molecule has 1 fully saturated rings. The second kappa shape index (κ2) is 30.1. The third-order valence-electron chi connectivity index (χ3n) is 10.9. The zero-order valence-electron chi connectivity index (χ0n) is 37.7. The Morgan fingerprint density at radius 2 is 1.33 bits per heavy atom. The van der Waals surface area contributed by atoms with Crippen molar-refractivity contribution in [3.8, 4) is 0 Å². The Morgan fingerprint density at radius 3 is 1.97 bits per heavy atom. The summed E-state index contributed by atoms with van der Waals surface area (Å²) in [5, 5.41) is 0. The minimum absolute atomic E-state index is 0.0205. The summed E-state index contributed by atoms with van der Waals surface area (Å²) >= 11 is 0. The van der Waals surface area contributed by atoms with E-state index >= 15 is 0 Å². The van der Waals surface area contributed by atoms with Gasteiger partial charge in [0.25, 0.3) is 0 Å². The van der Waals surface area contributed by atoms with Crippen LogP contribution in [0.2, 0.25) is 0 Å². The first-order valence-electron chi connectivity index (χ1n) is 22.9. The maximum absolute atomic E-state index is 12.7. The molecule has 1 aliphatic heterocycles. The fourth-order valence-corrected chi connectivity index (χ4v) is 7.69. The Kier molecular flexibility index (Phi) is 27.0. The quantitative estimate of drug-likeness (QED) is 0.0172. The van der Waals surface area contributed by atoms with Crippen molar-refractivity contribution in [2.45, 2.75) is 200 Å². The number of quaternary nitrogens is 1. The first-order chi connectivity index (χ1) is 27.7. The van der Waals surface area contributed by atoms with Crippen LogP contribution in [0.1, 0.15) is 178 Å². The highest BCUT2D eigenvalue weighted by molar-refractivity contribution is 7.47. The molecule has 2 heterocycles. The topological polar surface area (TPSA) is 134 Å². The molecule has 0 bridgehead atoms. The van der Waals surface area contributed by atoms with Gasteiger partial charge < -0.3 is 28.0 Å². The molecule has 11 nitrogen and oxygen atoms in total. The molecular weight excluding hydrogens is 757 g/mol. The van der Waals surface area contributed by atoms with Gasteiger partial charge >= 0.3 is 19.8 Å². The van der Waals surface area contributed by atoms with E-state index in [2.05, 4.69) is 39.8 Å². The third-order valence-corrected chi connectivity index (χ3v) is 11.9. The van der Waals surface area contributed by atoms with E-state index in [0.717, 1.165) is 101 Å². The lowest BCUT2D eigenvalue weighted by atomic mass is 10.0. The largest absolute Gasteiger partial charge is 0.472 e. The molecule has 3 unspecified atom stereocenters. The monoisotopic (exact) mass is 841 g/mol. The van der Waals surface area contributed by atoms with Crippen LogP contribution in [0.25, 0.3) is 0 Å². The molecule has 1 N–H and O–H groups in total. The van der Waals surface area contributed by atoms with E-state index in [1.54, 1.807) is 0 Å². The van der Waals surface area contributed by atoms with E-state index in [0.29, 0.717) is 36.1 Å². The number of furan rings is 1. The van der Waals surface area contributed by atoms with E-state index in [4.69, 9.17) is 27.7 Å². The van der Waals surface area contributed by atoms with Crippen LogP contribution in [0.15, 0.2) is 16.6 Å². The highest BCUT2D eigenvalue weighted by Crippen LogP contribution is 2.43. The zero-order chi connectivity index (χ0) is 42.7. The second-order valence-electron chi connectivity index (χ2n) is 17.4. The van der Waals surface area contributed by atoms with Gasteiger partial charge in [0, 0.05) is 25.7 Å². The highest BCUT2D eigenvalue weighted by Gasteiger charge is 2.36. The van der Waals surface area contributed by atoms with Gasteiger partial charge in [-0.05, 0) is 76.3 Å². The number of carbonyl (C=O) groups is 2. The van der Waals surface area contributed by atoms with Crippen molar-refractivity contribution in [3.05, 3.63) is 34.8 Å². The number of phosphoric acid groups is 1. The third kappa shape index (κ3) is 25.6. The number of aryl methyl sites for hydroxylation is 2. The number of unbranched alkanes of at least 4 members (excludes halogenated alkanes) is 14. The lowest BCUT2D eigenvalue weighted by Crippen LogP contribution is -2.37. The maximum atomic E-state index is 12.7. The number of ether oxygens (including phenoxy) is 3. The average Bonchev–Trinajstić information content (AvgIpc) is 3.87. The number of carbonyl (C=O) groups excluding carboxylic acids is 2. The van der Waals surface area contributed by atoms with Crippen LogP contribution in [0, 0.1) is 13.8 Å². The van der Waals surface area contributed by atoms with Crippen LogP contribution in [-0.2, 0) is 50.3 Å². The first-order valence-corrected chi connectivity index (χ1v) is 24.4. The Hall–Kier alpha value is -2.01. The molecule has 0 amide bonds. The number of hydrogen-bond donors (Lipinski definition) is 1. The molecule has 0 spiro atoms. The molecule has 1 aromatic heterocycles. The number of likely N-dealkylation sites (N-methyl/N-ethyl adjacent to an activating group) is 1. The van der Waals surface area contributed by atoms with Crippen LogP contribution < -0.4 is 0 Å². The molecule has 0 saturated carbocycles.